The minimum Gasteiger partial charge on any atom is -0.353 e. The summed E-state index contributed by atoms with van der Waals surface area (Å²) in [7, 11) is 0. The van der Waals surface area contributed by atoms with E-state index in [4.69, 9.17) is 0 Å². The molecule has 0 radical (unpaired) electrons. The molecule has 0 aromatic heterocycles. The Balaban J connectivity index is 1.62. The zero-order valence-electron chi connectivity index (χ0n) is 12.7. The molecule has 3 rings (SSSR count). The van der Waals surface area contributed by atoms with Crippen LogP contribution >= 0.6 is 15.9 Å². The SMILES string of the molecule is CCC1CCC(NC(=O)C2(c3ccc(Br)cc3)CC2)CC1. The van der Waals surface area contributed by atoms with Gasteiger partial charge in [-0.05, 0) is 62.1 Å². The number of benzene rings is 1. The highest BCUT2D eigenvalue weighted by Crippen LogP contribution is 2.48. The molecule has 0 heterocycles. The number of carbonyl (C=O) groups is 1. The lowest BCUT2D eigenvalue weighted by molar-refractivity contribution is -0.124. The van der Waals surface area contributed by atoms with Gasteiger partial charge in [0.1, 0.15) is 0 Å². The summed E-state index contributed by atoms with van der Waals surface area (Å²) in [6.45, 7) is 2.27. The molecule has 0 unspecified atom stereocenters. The standard InChI is InChI=1S/C18H24BrNO/c1-2-13-3-9-16(10-4-13)20-17(21)18(11-12-18)14-5-7-15(19)8-6-14/h5-8,13,16H,2-4,9-12H2,1H3,(H,20,21). The van der Waals surface area contributed by atoms with Crippen molar-refractivity contribution in [2.75, 3.05) is 0 Å². The van der Waals surface area contributed by atoms with Gasteiger partial charge in [-0.25, -0.2) is 0 Å². The first kappa shape index (κ1) is 15.1. The fourth-order valence-electron chi connectivity index (χ4n) is 3.58. The molecule has 21 heavy (non-hydrogen) atoms. The van der Waals surface area contributed by atoms with Crippen LogP contribution in [0.15, 0.2) is 28.7 Å². The van der Waals surface area contributed by atoms with Crippen LogP contribution in [-0.4, -0.2) is 11.9 Å². The van der Waals surface area contributed by atoms with Crippen molar-refractivity contribution in [2.24, 2.45) is 5.92 Å². The average molecular weight is 350 g/mol. The fraction of sp³-hybridized carbons (Fsp3) is 0.611. The molecule has 0 bridgehead atoms. The number of hydrogen-bond acceptors (Lipinski definition) is 1. The highest BCUT2D eigenvalue weighted by atomic mass is 79.9. The predicted molar refractivity (Wildman–Crippen MR) is 89.2 cm³/mol. The van der Waals surface area contributed by atoms with E-state index in [-0.39, 0.29) is 11.3 Å². The molecule has 0 atom stereocenters. The van der Waals surface area contributed by atoms with E-state index in [1.807, 2.05) is 12.1 Å². The molecule has 2 saturated carbocycles. The van der Waals surface area contributed by atoms with E-state index in [1.54, 1.807) is 0 Å². The van der Waals surface area contributed by atoms with Crippen LogP contribution in [0.25, 0.3) is 0 Å². The molecular weight excluding hydrogens is 326 g/mol. The Morgan fingerprint density at radius 1 is 1.19 bits per heavy atom. The number of rotatable bonds is 4. The first-order chi connectivity index (χ1) is 10.1. The first-order valence-electron chi connectivity index (χ1n) is 8.21. The molecule has 0 saturated heterocycles. The molecule has 0 spiro atoms. The monoisotopic (exact) mass is 349 g/mol. The van der Waals surface area contributed by atoms with Crippen molar-refractivity contribution in [2.45, 2.75) is 63.3 Å². The van der Waals surface area contributed by atoms with Gasteiger partial charge in [-0.1, -0.05) is 41.4 Å². The summed E-state index contributed by atoms with van der Waals surface area (Å²) in [5.74, 6) is 1.13. The van der Waals surface area contributed by atoms with E-state index in [0.29, 0.717) is 6.04 Å². The van der Waals surface area contributed by atoms with Gasteiger partial charge in [0.2, 0.25) is 5.91 Å². The predicted octanol–water partition coefficient (Wildman–Crippen LogP) is 4.57. The Labute approximate surface area is 135 Å². The normalized spacial score (nSPS) is 27.1. The number of carbonyl (C=O) groups excluding carboxylic acids is 1. The Morgan fingerprint density at radius 3 is 2.33 bits per heavy atom. The van der Waals surface area contributed by atoms with Crippen LogP contribution in [0.2, 0.25) is 0 Å². The Bertz CT molecular complexity index is 498. The lowest BCUT2D eigenvalue weighted by Crippen LogP contribution is -2.43. The van der Waals surface area contributed by atoms with Crippen LogP contribution in [0.3, 0.4) is 0 Å². The van der Waals surface area contributed by atoms with Crippen LogP contribution in [0.5, 0.6) is 0 Å². The van der Waals surface area contributed by atoms with E-state index < -0.39 is 0 Å². The van der Waals surface area contributed by atoms with E-state index in [2.05, 4.69) is 40.3 Å². The quantitative estimate of drug-likeness (QED) is 0.847. The molecule has 2 aliphatic carbocycles. The summed E-state index contributed by atoms with van der Waals surface area (Å²) in [6.07, 6.45) is 8.11. The van der Waals surface area contributed by atoms with Gasteiger partial charge in [-0.2, -0.15) is 0 Å². The highest BCUT2D eigenvalue weighted by Gasteiger charge is 2.51. The third-order valence-corrected chi connectivity index (χ3v) is 5.87. The van der Waals surface area contributed by atoms with E-state index in [1.165, 1.54) is 24.8 Å². The largest absolute Gasteiger partial charge is 0.353 e. The summed E-state index contributed by atoms with van der Waals surface area (Å²) < 4.78 is 1.07. The lowest BCUT2D eigenvalue weighted by Gasteiger charge is -2.30. The summed E-state index contributed by atoms with van der Waals surface area (Å²) in [5.41, 5.74) is 0.938. The number of hydrogen-bond donors (Lipinski definition) is 1. The van der Waals surface area contributed by atoms with Crippen molar-refractivity contribution < 1.29 is 4.79 Å². The van der Waals surface area contributed by atoms with E-state index >= 15 is 0 Å². The van der Waals surface area contributed by atoms with Gasteiger partial charge >= 0.3 is 0 Å². The van der Waals surface area contributed by atoms with Crippen LogP contribution in [-0.2, 0) is 10.2 Å². The van der Waals surface area contributed by atoms with Crippen molar-refractivity contribution in [3.05, 3.63) is 34.3 Å². The maximum atomic E-state index is 12.7. The van der Waals surface area contributed by atoms with Gasteiger partial charge in [-0.15, -0.1) is 0 Å². The minimum atomic E-state index is -0.234. The molecule has 2 fully saturated rings. The Morgan fingerprint density at radius 2 is 1.81 bits per heavy atom. The zero-order valence-corrected chi connectivity index (χ0v) is 14.3. The Hall–Kier alpha value is -0.830. The number of nitrogens with one attached hydrogen (secondary N) is 1. The highest BCUT2D eigenvalue weighted by molar-refractivity contribution is 9.10. The molecule has 0 aliphatic heterocycles. The van der Waals surface area contributed by atoms with Gasteiger partial charge in [0, 0.05) is 10.5 Å². The number of halogens is 1. The average Bonchev–Trinajstić information content (AvgIpc) is 3.30. The maximum absolute atomic E-state index is 12.7. The van der Waals surface area contributed by atoms with Crippen LogP contribution in [0, 0.1) is 5.92 Å². The van der Waals surface area contributed by atoms with Crippen molar-refractivity contribution in [3.63, 3.8) is 0 Å². The third kappa shape index (κ3) is 3.18. The van der Waals surface area contributed by atoms with Crippen molar-refractivity contribution in [1.29, 1.82) is 0 Å². The van der Waals surface area contributed by atoms with Crippen LogP contribution in [0.1, 0.15) is 57.4 Å². The molecule has 3 heteroatoms. The molecular formula is C18H24BrNO. The first-order valence-corrected chi connectivity index (χ1v) is 9.00. The topological polar surface area (TPSA) is 29.1 Å². The second kappa shape index (κ2) is 6.12. The zero-order chi connectivity index (χ0) is 14.9. The summed E-state index contributed by atoms with van der Waals surface area (Å²) >= 11 is 3.46. The second-order valence-electron chi connectivity index (χ2n) is 6.69. The Kier molecular flexibility index (Phi) is 4.39. The summed E-state index contributed by atoms with van der Waals surface area (Å²) in [4.78, 5) is 12.7. The molecule has 2 nitrogen and oxygen atoms in total. The molecule has 114 valence electrons. The maximum Gasteiger partial charge on any atom is 0.230 e. The van der Waals surface area contributed by atoms with Gasteiger partial charge in [0.15, 0.2) is 0 Å². The van der Waals surface area contributed by atoms with Crippen molar-refractivity contribution in [1.82, 2.24) is 5.32 Å². The smallest absolute Gasteiger partial charge is 0.230 e. The molecule has 1 aromatic rings. The lowest BCUT2D eigenvalue weighted by atomic mass is 9.84. The van der Waals surface area contributed by atoms with Crippen molar-refractivity contribution >= 4 is 21.8 Å². The second-order valence-corrected chi connectivity index (χ2v) is 7.60. The van der Waals surface area contributed by atoms with E-state index in [9.17, 15) is 4.79 Å². The van der Waals surface area contributed by atoms with Crippen LogP contribution < -0.4 is 5.32 Å². The van der Waals surface area contributed by atoms with Gasteiger partial charge in [0.25, 0.3) is 0 Å². The molecule has 1 aromatic carbocycles. The molecule has 2 aliphatic rings. The van der Waals surface area contributed by atoms with Crippen molar-refractivity contribution in [3.8, 4) is 0 Å². The van der Waals surface area contributed by atoms with Gasteiger partial charge in [0.05, 0.1) is 5.41 Å². The van der Waals surface area contributed by atoms with Gasteiger partial charge in [-0.3, -0.25) is 4.79 Å². The molecule has 1 N–H and O–H groups in total. The van der Waals surface area contributed by atoms with E-state index in [0.717, 1.165) is 36.1 Å². The number of amides is 1. The summed E-state index contributed by atoms with van der Waals surface area (Å²) in [5, 5.41) is 3.33. The molecule has 1 amide bonds. The summed E-state index contributed by atoms with van der Waals surface area (Å²) in [6, 6.07) is 8.65. The van der Waals surface area contributed by atoms with Gasteiger partial charge < -0.3 is 5.32 Å². The fourth-order valence-corrected chi connectivity index (χ4v) is 3.84. The third-order valence-electron chi connectivity index (χ3n) is 5.34. The minimum absolute atomic E-state index is 0.234. The van der Waals surface area contributed by atoms with Crippen LogP contribution in [0.4, 0.5) is 0 Å².